The summed E-state index contributed by atoms with van der Waals surface area (Å²) in [6, 6.07) is 19.5. The van der Waals surface area contributed by atoms with Crippen molar-refractivity contribution in [1.82, 2.24) is 10.2 Å². The Bertz CT molecular complexity index is 1390. The summed E-state index contributed by atoms with van der Waals surface area (Å²) in [5.41, 5.74) is 2.69. The summed E-state index contributed by atoms with van der Waals surface area (Å²) in [4.78, 5) is 28.4. The smallest absolute Gasteiger partial charge is 0.264 e. The monoisotopic (exact) mass is 555 g/mol. The molecule has 0 aromatic heterocycles. The molecule has 0 aliphatic rings. The van der Waals surface area contributed by atoms with Gasteiger partial charge in [-0.3, -0.25) is 13.9 Å². The van der Waals surface area contributed by atoms with Crippen molar-refractivity contribution in [2.45, 2.75) is 58.1 Å². The molecule has 0 aliphatic heterocycles. The molecule has 1 N–H and O–H groups in total. The molecule has 3 rings (SSSR count). The van der Waals surface area contributed by atoms with Gasteiger partial charge in [0.15, 0.2) is 0 Å². The van der Waals surface area contributed by atoms with E-state index in [9.17, 15) is 18.0 Å². The number of hydrogen-bond acceptors (Lipinski definition) is 4. The van der Waals surface area contributed by atoms with Crippen LogP contribution < -0.4 is 9.62 Å². The van der Waals surface area contributed by atoms with Crippen molar-refractivity contribution >= 4 is 39.1 Å². The van der Waals surface area contributed by atoms with Crippen LogP contribution in [0.2, 0.25) is 5.02 Å². The van der Waals surface area contributed by atoms with Crippen LogP contribution in [0.25, 0.3) is 0 Å². The van der Waals surface area contributed by atoms with Crippen molar-refractivity contribution < 1.29 is 18.0 Å². The van der Waals surface area contributed by atoms with Crippen LogP contribution in [-0.4, -0.2) is 43.8 Å². The summed E-state index contributed by atoms with van der Waals surface area (Å²) < 4.78 is 28.9. The molecule has 9 heteroatoms. The molecule has 0 aliphatic carbocycles. The lowest BCUT2D eigenvalue weighted by Crippen LogP contribution is -2.52. The fraction of sp³-hybridized carbons (Fsp3) is 0.310. The molecule has 7 nitrogen and oxygen atoms in total. The maximum atomic E-state index is 13.9. The van der Waals surface area contributed by atoms with Crippen LogP contribution in [0.15, 0.2) is 77.7 Å². The number of carbonyl (C=O) groups is 2. The fourth-order valence-electron chi connectivity index (χ4n) is 4.04. The molecule has 0 saturated carbocycles. The van der Waals surface area contributed by atoms with Gasteiger partial charge < -0.3 is 10.2 Å². The maximum absolute atomic E-state index is 13.9. The van der Waals surface area contributed by atoms with Crippen LogP contribution in [0.1, 0.15) is 37.5 Å². The van der Waals surface area contributed by atoms with Gasteiger partial charge in [0.1, 0.15) is 12.6 Å². The molecule has 0 bridgehead atoms. The Kier molecular flexibility index (Phi) is 9.57. The number of nitrogens with one attached hydrogen (secondary N) is 1. The van der Waals surface area contributed by atoms with E-state index in [2.05, 4.69) is 5.32 Å². The lowest BCUT2D eigenvalue weighted by molar-refractivity contribution is -0.139. The van der Waals surface area contributed by atoms with Gasteiger partial charge in [0.05, 0.1) is 10.6 Å². The molecule has 1 unspecified atom stereocenters. The Morgan fingerprint density at radius 1 is 0.921 bits per heavy atom. The lowest BCUT2D eigenvalue weighted by Gasteiger charge is -2.33. The average Bonchev–Trinajstić information content (AvgIpc) is 2.87. The molecule has 202 valence electrons. The number of halogens is 1. The molecule has 2 amide bonds. The summed E-state index contributed by atoms with van der Waals surface area (Å²) in [6.45, 7) is 8.56. The molecule has 3 aromatic carbocycles. The number of benzene rings is 3. The van der Waals surface area contributed by atoms with E-state index in [0.29, 0.717) is 16.3 Å². The Hall–Kier alpha value is -3.36. The molecule has 3 aromatic rings. The highest BCUT2D eigenvalue weighted by Gasteiger charge is 2.33. The van der Waals surface area contributed by atoms with E-state index in [1.165, 1.54) is 17.0 Å². The van der Waals surface area contributed by atoms with Crippen LogP contribution in [0.5, 0.6) is 0 Å². The Balaban J connectivity index is 2.07. The van der Waals surface area contributed by atoms with E-state index < -0.39 is 28.5 Å². The molecule has 0 radical (unpaired) electrons. The Morgan fingerprint density at radius 2 is 1.61 bits per heavy atom. The van der Waals surface area contributed by atoms with Gasteiger partial charge in [0.2, 0.25) is 11.8 Å². The van der Waals surface area contributed by atoms with E-state index in [0.717, 1.165) is 15.4 Å². The topological polar surface area (TPSA) is 86.8 Å². The van der Waals surface area contributed by atoms with E-state index in [-0.39, 0.29) is 23.4 Å². The Labute approximate surface area is 230 Å². The summed E-state index contributed by atoms with van der Waals surface area (Å²) in [7, 11) is -4.10. The van der Waals surface area contributed by atoms with Gasteiger partial charge in [0.25, 0.3) is 10.0 Å². The largest absolute Gasteiger partial charge is 0.352 e. The number of carbonyl (C=O) groups excluding carboxylic acids is 2. The fourth-order valence-corrected chi connectivity index (χ4v) is 5.75. The van der Waals surface area contributed by atoms with Crippen molar-refractivity contribution in [3.8, 4) is 0 Å². The molecule has 0 saturated heterocycles. The third-order valence-corrected chi connectivity index (χ3v) is 8.09. The number of amides is 2. The quantitative estimate of drug-likeness (QED) is 0.377. The van der Waals surface area contributed by atoms with E-state index in [1.807, 2.05) is 39.0 Å². The molecule has 0 heterocycles. The number of sulfonamides is 1. The minimum Gasteiger partial charge on any atom is -0.352 e. The number of nitrogens with zero attached hydrogens (tertiary/aromatic N) is 2. The zero-order chi connectivity index (χ0) is 28.0. The number of hydrogen-bond donors (Lipinski definition) is 1. The standard InChI is InChI=1S/C29H34ClN3O4S/c1-20(2)31-29(35)23(5)32(18-24-10-9-11-25(30)17-24)28(34)19-33(27-16-21(3)14-15-22(27)4)38(36,37)26-12-7-6-8-13-26/h6-17,20,23H,18-19H2,1-5H3,(H,31,35). The minimum atomic E-state index is -4.10. The lowest BCUT2D eigenvalue weighted by atomic mass is 10.1. The first-order valence-electron chi connectivity index (χ1n) is 12.4. The van der Waals surface area contributed by atoms with Gasteiger partial charge in [0, 0.05) is 17.6 Å². The van der Waals surface area contributed by atoms with Crippen molar-refractivity contribution in [3.63, 3.8) is 0 Å². The summed E-state index contributed by atoms with van der Waals surface area (Å²) in [5, 5.41) is 3.34. The molecule has 38 heavy (non-hydrogen) atoms. The predicted octanol–water partition coefficient (Wildman–Crippen LogP) is 5.09. The van der Waals surface area contributed by atoms with Crippen molar-refractivity contribution in [3.05, 3.63) is 94.5 Å². The molecular formula is C29H34ClN3O4S. The predicted molar refractivity (Wildman–Crippen MR) is 152 cm³/mol. The van der Waals surface area contributed by atoms with Gasteiger partial charge in [-0.1, -0.05) is 54.1 Å². The first-order chi connectivity index (χ1) is 17.9. The normalized spacial score (nSPS) is 12.2. The number of rotatable bonds is 10. The molecule has 0 fully saturated rings. The van der Waals surface area contributed by atoms with E-state index >= 15 is 0 Å². The van der Waals surface area contributed by atoms with Crippen molar-refractivity contribution in [2.75, 3.05) is 10.8 Å². The molecule has 0 spiro atoms. The second kappa shape index (κ2) is 12.5. The van der Waals surface area contributed by atoms with E-state index in [4.69, 9.17) is 11.6 Å². The second-order valence-electron chi connectivity index (χ2n) is 9.61. The third kappa shape index (κ3) is 7.14. The van der Waals surface area contributed by atoms with Crippen LogP contribution in [0, 0.1) is 13.8 Å². The van der Waals surface area contributed by atoms with Crippen LogP contribution in [-0.2, 0) is 26.2 Å². The van der Waals surface area contributed by atoms with Crippen LogP contribution in [0.3, 0.4) is 0 Å². The highest BCUT2D eigenvalue weighted by Crippen LogP contribution is 2.28. The molecular weight excluding hydrogens is 522 g/mol. The number of anilines is 1. The first kappa shape index (κ1) is 29.2. The van der Waals surface area contributed by atoms with Crippen molar-refractivity contribution in [1.29, 1.82) is 0 Å². The average molecular weight is 556 g/mol. The minimum absolute atomic E-state index is 0.0701. The summed E-state index contributed by atoms with van der Waals surface area (Å²) in [5.74, 6) is -0.851. The van der Waals surface area contributed by atoms with Gasteiger partial charge >= 0.3 is 0 Å². The summed E-state index contributed by atoms with van der Waals surface area (Å²) in [6.07, 6.45) is 0. The third-order valence-electron chi connectivity index (χ3n) is 6.08. The SMILES string of the molecule is Cc1ccc(C)c(N(CC(=O)N(Cc2cccc(Cl)c2)C(C)C(=O)NC(C)C)S(=O)(=O)c2ccccc2)c1. The second-order valence-corrected chi connectivity index (χ2v) is 11.9. The number of aryl methyl sites for hydroxylation is 2. The Morgan fingerprint density at radius 3 is 2.24 bits per heavy atom. The zero-order valence-corrected chi connectivity index (χ0v) is 23.9. The zero-order valence-electron chi connectivity index (χ0n) is 22.3. The highest BCUT2D eigenvalue weighted by atomic mass is 35.5. The van der Waals surface area contributed by atoms with Gasteiger partial charge in [-0.05, 0) is 81.6 Å². The first-order valence-corrected chi connectivity index (χ1v) is 14.2. The van der Waals surface area contributed by atoms with Crippen molar-refractivity contribution in [2.24, 2.45) is 0 Å². The van der Waals surface area contributed by atoms with E-state index in [1.54, 1.807) is 56.3 Å². The summed E-state index contributed by atoms with van der Waals surface area (Å²) >= 11 is 6.17. The van der Waals surface area contributed by atoms with Crippen LogP contribution in [0.4, 0.5) is 5.69 Å². The van der Waals surface area contributed by atoms with Gasteiger partial charge in [-0.25, -0.2) is 8.42 Å². The van der Waals surface area contributed by atoms with Gasteiger partial charge in [-0.15, -0.1) is 0 Å². The maximum Gasteiger partial charge on any atom is 0.264 e. The highest BCUT2D eigenvalue weighted by molar-refractivity contribution is 7.92. The molecule has 1 atom stereocenters. The van der Waals surface area contributed by atoms with Gasteiger partial charge in [-0.2, -0.15) is 0 Å². The van der Waals surface area contributed by atoms with Crippen LogP contribution >= 0.6 is 11.6 Å².